The maximum absolute atomic E-state index is 11.7. The Bertz CT molecular complexity index is 585. The smallest absolute Gasteiger partial charge is 0.336 e. The third kappa shape index (κ3) is 9.51. The first-order valence-corrected chi connectivity index (χ1v) is 9.30. The first-order valence-electron chi connectivity index (χ1n) is 8.55. The fourth-order valence-corrected chi connectivity index (χ4v) is 2.45. The lowest BCUT2D eigenvalue weighted by Gasteiger charge is -2.05. The van der Waals surface area contributed by atoms with Crippen molar-refractivity contribution in [2.24, 2.45) is 0 Å². The molecular formula is C19H24Cl2O4. The van der Waals surface area contributed by atoms with Crippen LogP contribution in [-0.2, 0) is 14.3 Å². The lowest BCUT2D eigenvalue weighted by atomic mass is 10.1. The van der Waals surface area contributed by atoms with Crippen molar-refractivity contribution in [3.05, 3.63) is 40.4 Å². The van der Waals surface area contributed by atoms with E-state index in [1.165, 1.54) is 31.7 Å². The Balaban J connectivity index is 2.21. The van der Waals surface area contributed by atoms with Crippen molar-refractivity contribution in [3.8, 4) is 5.75 Å². The van der Waals surface area contributed by atoms with Gasteiger partial charge >= 0.3 is 11.9 Å². The summed E-state index contributed by atoms with van der Waals surface area (Å²) in [5.41, 5.74) is 0. The molecule has 0 spiro atoms. The van der Waals surface area contributed by atoms with Gasteiger partial charge in [-0.1, -0.05) is 74.7 Å². The molecule has 0 saturated carbocycles. The highest BCUT2D eigenvalue weighted by molar-refractivity contribution is 6.43. The summed E-state index contributed by atoms with van der Waals surface area (Å²) in [5, 5.41) is 0.428. The summed E-state index contributed by atoms with van der Waals surface area (Å²) in [7, 11) is 0. The Morgan fingerprint density at radius 1 is 0.960 bits per heavy atom. The molecule has 0 aliphatic heterocycles. The van der Waals surface area contributed by atoms with Gasteiger partial charge in [0.1, 0.15) is 5.02 Å². The molecule has 0 saturated heterocycles. The lowest BCUT2D eigenvalue weighted by Crippen LogP contribution is -2.07. The Morgan fingerprint density at radius 3 is 2.32 bits per heavy atom. The van der Waals surface area contributed by atoms with Crippen LogP contribution in [0.4, 0.5) is 0 Å². The number of carbonyl (C=O) groups excluding carboxylic acids is 2. The number of unbranched alkanes of at least 4 members (excludes halogenated alkanes) is 6. The van der Waals surface area contributed by atoms with Crippen LogP contribution in [0.2, 0.25) is 10.0 Å². The van der Waals surface area contributed by atoms with Gasteiger partial charge in [-0.25, -0.2) is 9.59 Å². The molecule has 0 amide bonds. The van der Waals surface area contributed by atoms with E-state index < -0.39 is 11.9 Å². The second kappa shape index (κ2) is 12.8. The standard InChI is InChI=1S/C19H24Cl2O4/c1-2-3-4-5-6-7-8-14-24-17(22)12-13-18(23)25-16-11-9-10-15(20)19(16)21/h9-13H,2-8,14H2,1H3/b13-12+. The van der Waals surface area contributed by atoms with E-state index in [2.05, 4.69) is 6.92 Å². The zero-order chi connectivity index (χ0) is 18.5. The molecule has 1 rings (SSSR count). The van der Waals surface area contributed by atoms with E-state index in [1.54, 1.807) is 12.1 Å². The number of esters is 2. The predicted octanol–water partition coefficient (Wildman–Crippen LogP) is 5.75. The van der Waals surface area contributed by atoms with E-state index in [4.69, 9.17) is 32.7 Å². The first-order chi connectivity index (χ1) is 12.0. The van der Waals surface area contributed by atoms with Gasteiger partial charge in [0, 0.05) is 12.2 Å². The SMILES string of the molecule is CCCCCCCCCOC(=O)/C=C/C(=O)Oc1cccc(Cl)c1Cl. The van der Waals surface area contributed by atoms with Crippen LogP contribution in [0.5, 0.6) is 5.75 Å². The molecule has 0 heterocycles. The molecule has 138 valence electrons. The minimum atomic E-state index is -0.725. The maximum atomic E-state index is 11.7. The summed E-state index contributed by atoms with van der Waals surface area (Å²) < 4.78 is 10.0. The van der Waals surface area contributed by atoms with Crippen LogP contribution in [0, 0.1) is 0 Å². The van der Waals surface area contributed by atoms with Crippen molar-refractivity contribution < 1.29 is 19.1 Å². The quantitative estimate of drug-likeness (QED) is 0.210. The van der Waals surface area contributed by atoms with Gasteiger partial charge in [-0.3, -0.25) is 0 Å². The van der Waals surface area contributed by atoms with E-state index in [0.717, 1.165) is 31.4 Å². The zero-order valence-corrected chi connectivity index (χ0v) is 15.9. The lowest BCUT2D eigenvalue weighted by molar-refractivity contribution is -0.138. The highest BCUT2D eigenvalue weighted by atomic mass is 35.5. The molecular weight excluding hydrogens is 363 g/mol. The fraction of sp³-hybridized carbons (Fsp3) is 0.474. The van der Waals surface area contributed by atoms with Crippen LogP contribution >= 0.6 is 23.2 Å². The average Bonchev–Trinajstić information content (AvgIpc) is 2.59. The molecule has 1 aromatic carbocycles. The fourth-order valence-electron chi connectivity index (χ4n) is 2.12. The summed E-state index contributed by atoms with van der Waals surface area (Å²) in [5.74, 6) is -1.16. The van der Waals surface area contributed by atoms with Crippen LogP contribution in [0.1, 0.15) is 51.9 Å². The highest BCUT2D eigenvalue weighted by Crippen LogP contribution is 2.31. The van der Waals surface area contributed by atoms with E-state index >= 15 is 0 Å². The Labute approximate surface area is 159 Å². The molecule has 4 nitrogen and oxygen atoms in total. The summed E-state index contributed by atoms with van der Waals surface area (Å²) in [6.45, 7) is 2.54. The molecule has 25 heavy (non-hydrogen) atoms. The van der Waals surface area contributed by atoms with Gasteiger partial charge in [0.05, 0.1) is 11.6 Å². The number of carbonyl (C=O) groups is 2. The zero-order valence-electron chi connectivity index (χ0n) is 14.4. The maximum Gasteiger partial charge on any atom is 0.336 e. The van der Waals surface area contributed by atoms with Crippen molar-refractivity contribution in [2.75, 3.05) is 6.61 Å². The first kappa shape index (κ1) is 21.5. The predicted molar refractivity (Wildman–Crippen MR) is 100 cm³/mol. The van der Waals surface area contributed by atoms with Gasteiger partial charge in [0.15, 0.2) is 5.75 Å². The van der Waals surface area contributed by atoms with Crippen LogP contribution in [-0.4, -0.2) is 18.5 Å². The summed E-state index contributed by atoms with van der Waals surface area (Å²) >= 11 is 11.7. The van der Waals surface area contributed by atoms with Gasteiger partial charge in [0.2, 0.25) is 0 Å². The Morgan fingerprint density at radius 2 is 1.60 bits per heavy atom. The minimum Gasteiger partial charge on any atom is -0.463 e. The number of halogens is 2. The molecule has 6 heteroatoms. The monoisotopic (exact) mass is 386 g/mol. The molecule has 0 unspecified atom stereocenters. The molecule has 0 aliphatic carbocycles. The third-order valence-corrected chi connectivity index (χ3v) is 4.28. The molecule has 0 fully saturated rings. The van der Waals surface area contributed by atoms with Crippen molar-refractivity contribution >= 4 is 35.1 Å². The molecule has 0 radical (unpaired) electrons. The van der Waals surface area contributed by atoms with E-state index in [9.17, 15) is 9.59 Å². The van der Waals surface area contributed by atoms with Crippen LogP contribution < -0.4 is 4.74 Å². The van der Waals surface area contributed by atoms with Gasteiger partial charge < -0.3 is 9.47 Å². The van der Waals surface area contributed by atoms with Gasteiger partial charge in [0.25, 0.3) is 0 Å². The normalized spacial score (nSPS) is 10.8. The molecule has 0 bridgehead atoms. The average molecular weight is 387 g/mol. The van der Waals surface area contributed by atoms with Crippen LogP contribution in [0.15, 0.2) is 30.4 Å². The number of rotatable bonds is 11. The summed E-state index contributed by atoms with van der Waals surface area (Å²) in [4.78, 5) is 23.2. The van der Waals surface area contributed by atoms with E-state index in [-0.39, 0.29) is 15.8 Å². The van der Waals surface area contributed by atoms with Crippen LogP contribution in [0.3, 0.4) is 0 Å². The Kier molecular flexibility index (Phi) is 11.0. The van der Waals surface area contributed by atoms with E-state index in [1.807, 2.05) is 0 Å². The topological polar surface area (TPSA) is 52.6 Å². The van der Waals surface area contributed by atoms with Gasteiger partial charge in [-0.05, 0) is 18.6 Å². The number of hydrogen-bond acceptors (Lipinski definition) is 4. The van der Waals surface area contributed by atoms with Crippen molar-refractivity contribution in [2.45, 2.75) is 51.9 Å². The molecule has 0 atom stereocenters. The second-order valence-electron chi connectivity index (χ2n) is 5.60. The second-order valence-corrected chi connectivity index (χ2v) is 6.38. The minimum absolute atomic E-state index is 0.139. The Hall–Kier alpha value is -1.52. The largest absolute Gasteiger partial charge is 0.463 e. The molecule has 0 aromatic heterocycles. The number of benzene rings is 1. The van der Waals surface area contributed by atoms with Crippen molar-refractivity contribution in [3.63, 3.8) is 0 Å². The van der Waals surface area contributed by atoms with Gasteiger partial charge in [-0.2, -0.15) is 0 Å². The molecule has 1 aromatic rings. The van der Waals surface area contributed by atoms with Crippen molar-refractivity contribution in [1.29, 1.82) is 0 Å². The third-order valence-electron chi connectivity index (χ3n) is 3.47. The highest BCUT2D eigenvalue weighted by Gasteiger charge is 2.09. The summed E-state index contributed by atoms with van der Waals surface area (Å²) in [6.07, 6.45) is 10.1. The van der Waals surface area contributed by atoms with E-state index in [0.29, 0.717) is 6.61 Å². The number of hydrogen-bond donors (Lipinski definition) is 0. The molecule has 0 N–H and O–H groups in total. The number of ether oxygens (including phenoxy) is 2. The van der Waals surface area contributed by atoms with Crippen LogP contribution in [0.25, 0.3) is 0 Å². The molecule has 0 aliphatic rings. The van der Waals surface area contributed by atoms with Gasteiger partial charge in [-0.15, -0.1) is 0 Å². The van der Waals surface area contributed by atoms with Crippen molar-refractivity contribution in [1.82, 2.24) is 0 Å². The summed E-state index contributed by atoms with van der Waals surface area (Å²) in [6, 6.07) is 4.70.